The van der Waals surface area contributed by atoms with Gasteiger partial charge in [-0.05, 0) is 91.4 Å². The molecule has 2 aliphatic heterocycles. The lowest BCUT2D eigenvalue weighted by Gasteiger charge is -2.54. The van der Waals surface area contributed by atoms with Crippen LogP contribution in [0.1, 0.15) is 182 Å². The average molecular weight is 956 g/mol. The summed E-state index contributed by atoms with van der Waals surface area (Å²) in [6.45, 7) is 52.7. The van der Waals surface area contributed by atoms with Crippen LogP contribution in [0.4, 0.5) is 0 Å². The molecule has 2 heterocycles. The number of rotatable bonds is 18. The molecule has 2 saturated heterocycles. The highest BCUT2D eigenvalue weighted by Gasteiger charge is 2.57. The zero-order valence-electron chi connectivity index (χ0n) is 45.6. The number of aliphatic hydroxyl groups excluding tert-OH is 2. The SMILES string of the molecule is CC(C)c1cc(C#C[C@H]2O[C@H](CO)[C@@H](C)[C@H](C)[C@@H]2O[Si](C(C)C)(C(C)C)C(C)C)ccc1C#C[C@H]1O[C@H](CO)[C@@H](O[Si](C(C)C)(C(C)C)C(C)C)[C@H](O[Si](C(C)C)(C(C)C)C(C)C)[C@@H]1C. The van der Waals surface area contributed by atoms with Crippen LogP contribution in [0.3, 0.4) is 0 Å². The van der Waals surface area contributed by atoms with Crippen molar-refractivity contribution in [3.63, 3.8) is 0 Å². The van der Waals surface area contributed by atoms with E-state index in [9.17, 15) is 10.2 Å². The monoisotopic (exact) mass is 955 g/mol. The number of hydrogen-bond donors (Lipinski definition) is 2. The molecule has 3 rings (SSSR count). The Hall–Kier alpha value is -1.29. The van der Waals surface area contributed by atoms with Crippen molar-refractivity contribution in [1.29, 1.82) is 0 Å². The predicted octanol–water partition coefficient (Wildman–Crippen LogP) is 13.6. The third kappa shape index (κ3) is 12.0. The van der Waals surface area contributed by atoms with E-state index in [2.05, 4.69) is 201 Å². The first-order valence-electron chi connectivity index (χ1n) is 25.9. The molecule has 1 aromatic rings. The van der Waals surface area contributed by atoms with E-state index >= 15 is 0 Å². The van der Waals surface area contributed by atoms with Gasteiger partial charge in [0.25, 0.3) is 0 Å². The fraction of sp³-hybridized carbons (Fsp3) is 0.818. The molecule has 65 heavy (non-hydrogen) atoms. The number of ether oxygens (including phenoxy) is 2. The Kier molecular flexibility index (Phi) is 21.4. The second-order valence-corrected chi connectivity index (χ2v) is 39.5. The molecule has 0 unspecified atom stereocenters. The predicted molar refractivity (Wildman–Crippen MR) is 281 cm³/mol. The molecule has 0 spiro atoms. The molecule has 0 aromatic heterocycles. The van der Waals surface area contributed by atoms with Crippen molar-refractivity contribution in [3.8, 4) is 23.7 Å². The lowest BCUT2D eigenvalue weighted by atomic mass is 9.81. The fourth-order valence-electron chi connectivity index (χ4n) is 13.0. The van der Waals surface area contributed by atoms with Gasteiger partial charge in [-0.3, -0.25) is 0 Å². The van der Waals surface area contributed by atoms with Crippen molar-refractivity contribution in [2.45, 2.75) is 258 Å². The Morgan fingerprint density at radius 1 is 0.477 bits per heavy atom. The molecule has 0 amide bonds. The average Bonchev–Trinajstić information content (AvgIpc) is 3.20. The van der Waals surface area contributed by atoms with Gasteiger partial charge in [0.1, 0.15) is 18.3 Å². The second-order valence-electron chi connectivity index (χ2n) is 23.3. The van der Waals surface area contributed by atoms with E-state index in [0.717, 1.165) is 16.7 Å². The molecular weight excluding hydrogens is 857 g/mol. The van der Waals surface area contributed by atoms with Gasteiger partial charge in [0.05, 0.1) is 37.6 Å². The van der Waals surface area contributed by atoms with Crippen LogP contribution in [0.2, 0.25) is 49.9 Å². The van der Waals surface area contributed by atoms with Crippen molar-refractivity contribution in [3.05, 3.63) is 34.9 Å². The quantitative estimate of drug-likeness (QED) is 0.112. The highest BCUT2D eigenvalue weighted by Crippen LogP contribution is 2.50. The Balaban J connectivity index is 2.15. The maximum atomic E-state index is 11.2. The van der Waals surface area contributed by atoms with Gasteiger partial charge in [-0.25, -0.2) is 0 Å². The molecule has 1 aromatic carbocycles. The number of aliphatic hydroxyl groups is 2. The molecule has 2 N–H and O–H groups in total. The largest absolute Gasteiger partial charge is 0.410 e. The summed E-state index contributed by atoms with van der Waals surface area (Å²) in [5.41, 5.74) is 6.51. The van der Waals surface area contributed by atoms with Gasteiger partial charge in [0.2, 0.25) is 25.0 Å². The standard InChI is InChI=1S/C55H98O7Si3/c1-33(2)48-30-46(25-28-50-53(44(22)43(21)51(31-56)59-50)60-63(34(3)4,35(5)6)36(7)8)24-26-47(48)27-29-49-45(23)54(61-64(37(9)10,38(11)12)39(13)14)55(52(32-57)58-49)62-65(40(15)16,41(17)18)42(19)20/h24,26,30,33-45,49-57H,31-32H2,1-23H3/t43-,44-,45+,49+,50+,51+,52+,53-,54+,55+/m0/s1. The van der Waals surface area contributed by atoms with Crippen molar-refractivity contribution in [2.75, 3.05) is 13.2 Å². The fourth-order valence-corrected chi connectivity index (χ4v) is 29.8. The van der Waals surface area contributed by atoms with Crippen LogP contribution >= 0.6 is 0 Å². The second kappa shape index (κ2) is 24.0. The van der Waals surface area contributed by atoms with E-state index in [0.29, 0.717) is 49.9 Å². The third-order valence-electron chi connectivity index (χ3n) is 16.4. The van der Waals surface area contributed by atoms with Gasteiger partial charge < -0.3 is 33.0 Å². The lowest BCUT2D eigenvalue weighted by molar-refractivity contribution is -0.182. The highest BCUT2D eigenvalue weighted by atomic mass is 28.4. The molecule has 0 saturated carbocycles. The van der Waals surface area contributed by atoms with E-state index in [-0.39, 0.29) is 55.2 Å². The van der Waals surface area contributed by atoms with Crippen LogP contribution in [0, 0.1) is 41.4 Å². The molecular formula is C55H98O7Si3. The molecule has 7 nitrogen and oxygen atoms in total. The Morgan fingerprint density at radius 2 is 0.862 bits per heavy atom. The van der Waals surface area contributed by atoms with E-state index < -0.39 is 49.4 Å². The molecule has 372 valence electrons. The van der Waals surface area contributed by atoms with Gasteiger partial charge in [-0.1, -0.05) is 183 Å². The molecule has 10 atom stereocenters. The van der Waals surface area contributed by atoms with Crippen LogP contribution in [0.25, 0.3) is 0 Å². The molecule has 0 bridgehead atoms. The molecule has 0 aliphatic carbocycles. The summed E-state index contributed by atoms with van der Waals surface area (Å²) in [5, 5.41) is 21.6. The highest BCUT2D eigenvalue weighted by molar-refractivity contribution is 6.78. The van der Waals surface area contributed by atoms with Crippen molar-refractivity contribution in [1.82, 2.24) is 0 Å². The normalized spacial score (nSPS) is 27.2. The zero-order chi connectivity index (χ0) is 49.7. The summed E-state index contributed by atoms with van der Waals surface area (Å²) >= 11 is 0. The Morgan fingerprint density at radius 3 is 1.26 bits per heavy atom. The topological polar surface area (TPSA) is 86.6 Å². The minimum atomic E-state index is -2.41. The van der Waals surface area contributed by atoms with Crippen LogP contribution in [0.5, 0.6) is 0 Å². The van der Waals surface area contributed by atoms with Gasteiger partial charge >= 0.3 is 0 Å². The molecule has 2 fully saturated rings. The lowest BCUT2D eigenvalue weighted by Crippen LogP contribution is -2.65. The maximum Gasteiger partial charge on any atom is 0.201 e. The maximum absolute atomic E-state index is 11.2. The zero-order valence-corrected chi connectivity index (χ0v) is 48.6. The summed E-state index contributed by atoms with van der Waals surface area (Å²) in [7, 11) is -7.06. The van der Waals surface area contributed by atoms with E-state index in [4.69, 9.17) is 22.8 Å². The Bertz CT molecular complexity index is 1700. The first kappa shape index (κ1) is 58.0. The van der Waals surface area contributed by atoms with Crippen LogP contribution in [-0.4, -0.2) is 91.1 Å². The van der Waals surface area contributed by atoms with Crippen LogP contribution in [0.15, 0.2) is 18.2 Å². The summed E-state index contributed by atoms with van der Waals surface area (Å²) in [6.07, 6.45) is -2.69. The van der Waals surface area contributed by atoms with E-state index in [1.165, 1.54) is 0 Å². The third-order valence-corrected chi connectivity index (χ3v) is 34.7. The van der Waals surface area contributed by atoms with Gasteiger partial charge in [0, 0.05) is 17.0 Å². The Labute approximate surface area is 403 Å². The van der Waals surface area contributed by atoms with Gasteiger partial charge in [-0.15, -0.1) is 0 Å². The summed E-state index contributed by atoms with van der Waals surface area (Å²) in [4.78, 5) is 0. The molecule has 10 heteroatoms. The first-order valence-corrected chi connectivity index (χ1v) is 32.3. The smallest absolute Gasteiger partial charge is 0.201 e. The minimum absolute atomic E-state index is 0.0440. The van der Waals surface area contributed by atoms with Crippen LogP contribution in [-0.2, 0) is 22.8 Å². The van der Waals surface area contributed by atoms with E-state index in [1.54, 1.807) is 0 Å². The molecule has 0 radical (unpaired) electrons. The summed E-state index contributed by atoms with van der Waals surface area (Å²) in [5.74, 6) is 14.6. The van der Waals surface area contributed by atoms with Crippen molar-refractivity contribution < 1.29 is 33.0 Å². The van der Waals surface area contributed by atoms with Gasteiger partial charge in [0.15, 0.2) is 0 Å². The summed E-state index contributed by atoms with van der Waals surface area (Å²) < 4.78 is 36.3. The van der Waals surface area contributed by atoms with Gasteiger partial charge in [-0.2, -0.15) is 0 Å². The van der Waals surface area contributed by atoms with Crippen LogP contribution < -0.4 is 0 Å². The van der Waals surface area contributed by atoms with Crippen molar-refractivity contribution >= 4 is 25.0 Å². The number of hydrogen-bond acceptors (Lipinski definition) is 7. The van der Waals surface area contributed by atoms with Crippen molar-refractivity contribution in [2.24, 2.45) is 17.8 Å². The minimum Gasteiger partial charge on any atom is -0.410 e. The molecule has 2 aliphatic rings. The van der Waals surface area contributed by atoms with E-state index in [1.807, 2.05) is 0 Å². The first-order chi connectivity index (χ1) is 30.1. The summed E-state index contributed by atoms with van der Waals surface area (Å²) in [6, 6.07) is 6.33. The number of benzene rings is 1.